The summed E-state index contributed by atoms with van der Waals surface area (Å²) < 4.78 is 1.94. The second kappa shape index (κ2) is 7.72. The zero-order valence-electron chi connectivity index (χ0n) is 11.9. The third kappa shape index (κ3) is 4.86. The molecule has 22 heavy (non-hydrogen) atoms. The number of nitrogens with one attached hydrogen (secondary N) is 1. The molecule has 2 rings (SSSR count). The summed E-state index contributed by atoms with van der Waals surface area (Å²) in [6, 6.07) is 6.12. The number of aryl methyl sites for hydroxylation is 1. The average Bonchev–Trinajstić information content (AvgIpc) is 3.03. The number of hydrogen-bond donors (Lipinski definition) is 1. The lowest BCUT2D eigenvalue weighted by Gasteiger charge is -2.03. The Morgan fingerprint density at radius 1 is 1.45 bits per heavy atom. The van der Waals surface area contributed by atoms with Crippen LogP contribution in [0.1, 0.15) is 12.0 Å². The molecule has 0 saturated carbocycles. The van der Waals surface area contributed by atoms with E-state index in [4.69, 9.17) is 0 Å². The van der Waals surface area contributed by atoms with Crippen molar-refractivity contribution in [3.05, 3.63) is 64.7 Å². The molecule has 1 aromatic carbocycles. The summed E-state index contributed by atoms with van der Waals surface area (Å²) in [6.07, 6.45) is 9.02. The lowest BCUT2D eigenvalue weighted by Crippen LogP contribution is -2.22. The molecule has 1 aromatic heterocycles. The van der Waals surface area contributed by atoms with Crippen LogP contribution in [0.4, 0.5) is 5.69 Å². The largest absolute Gasteiger partial charge is 0.352 e. The van der Waals surface area contributed by atoms with Crippen LogP contribution in [0, 0.1) is 10.1 Å². The summed E-state index contributed by atoms with van der Waals surface area (Å²) in [5, 5.41) is 13.4. The number of rotatable bonds is 7. The lowest BCUT2D eigenvalue weighted by molar-refractivity contribution is -0.384. The van der Waals surface area contributed by atoms with Gasteiger partial charge in [-0.2, -0.15) is 0 Å². The van der Waals surface area contributed by atoms with Gasteiger partial charge in [0.25, 0.3) is 5.69 Å². The number of hydrogen-bond acceptors (Lipinski definition) is 4. The molecule has 2 aromatic rings. The Labute approximate surface area is 127 Å². The highest BCUT2D eigenvalue weighted by Crippen LogP contribution is 2.13. The van der Waals surface area contributed by atoms with E-state index in [0.717, 1.165) is 13.0 Å². The van der Waals surface area contributed by atoms with Gasteiger partial charge in [0, 0.05) is 43.7 Å². The highest BCUT2D eigenvalue weighted by atomic mass is 16.6. The third-order valence-corrected chi connectivity index (χ3v) is 2.96. The van der Waals surface area contributed by atoms with Gasteiger partial charge < -0.3 is 9.88 Å². The molecule has 0 atom stereocenters. The highest BCUT2D eigenvalue weighted by molar-refractivity contribution is 5.91. The van der Waals surface area contributed by atoms with Crippen LogP contribution in [0.5, 0.6) is 0 Å². The van der Waals surface area contributed by atoms with E-state index in [-0.39, 0.29) is 11.6 Å². The Balaban J connectivity index is 1.76. The fourth-order valence-corrected chi connectivity index (χ4v) is 1.87. The fourth-order valence-electron chi connectivity index (χ4n) is 1.87. The Kier molecular flexibility index (Phi) is 5.42. The molecule has 0 unspecified atom stereocenters. The minimum absolute atomic E-state index is 0.00268. The van der Waals surface area contributed by atoms with Gasteiger partial charge in [-0.25, -0.2) is 4.98 Å². The van der Waals surface area contributed by atoms with Gasteiger partial charge in [-0.1, -0.05) is 12.1 Å². The molecule has 1 N–H and O–H groups in total. The van der Waals surface area contributed by atoms with Crippen molar-refractivity contribution in [2.24, 2.45) is 0 Å². The number of carbonyl (C=O) groups excluding carboxylic acids is 1. The third-order valence-electron chi connectivity index (χ3n) is 2.96. The van der Waals surface area contributed by atoms with Gasteiger partial charge in [0.2, 0.25) is 5.91 Å². The quantitative estimate of drug-likeness (QED) is 0.366. The number of imidazole rings is 1. The Bertz CT molecular complexity index is 665. The zero-order chi connectivity index (χ0) is 15.8. The predicted molar refractivity (Wildman–Crippen MR) is 82.0 cm³/mol. The molecule has 0 fully saturated rings. The number of nitro benzene ring substituents is 1. The maximum Gasteiger partial charge on any atom is 0.270 e. The van der Waals surface area contributed by atoms with Gasteiger partial charge in [0.05, 0.1) is 11.3 Å². The van der Waals surface area contributed by atoms with E-state index in [1.807, 2.05) is 10.8 Å². The van der Waals surface area contributed by atoms with Crippen molar-refractivity contribution in [3.63, 3.8) is 0 Å². The molecule has 1 heterocycles. The molecule has 1 amide bonds. The van der Waals surface area contributed by atoms with E-state index < -0.39 is 4.92 Å². The summed E-state index contributed by atoms with van der Waals surface area (Å²) >= 11 is 0. The monoisotopic (exact) mass is 300 g/mol. The Hall–Kier alpha value is -2.96. The topological polar surface area (TPSA) is 90.1 Å². The van der Waals surface area contributed by atoms with E-state index in [0.29, 0.717) is 12.1 Å². The van der Waals surface area contributed by atoms with Crippen molar-refractivity contribution >= 4 is 17.7 Å². The smallest absolute Gasteiger partial charge is 0.270 e. The highest BCUT2D eigenvalue weighted by Gasteiger charge is 2.04. The molecule has 0 radical (unpaired) electrons. The summed E-state index contributed by atoms with van der Waals surface area (Å²) in [5.74, 6) is -0.225. The van der Waals surface area contributed by atoms with Gasteiger partial charge in [0.1, 0.15) is 0 Å². The minimum Gasteiger partial charge on any atom is -0.352 e. The molecule has 7 nitrogen and oxygen atoms in total. The number of non-ortho nitro benzene ring substituents is 1. The standard InChI is InChI=1S/C15H16N4O3/c20-15(17-7-2-9-18-10-8-16-12-18)6-5-13-3-1-4-14(11-13)19(21)22/h1,3-6,8,10-12H,2,7,9H2,(H,17,20)/b6-5+. The van der Waals surface area contributed by atoms with Crippen molar-refractivity contribution < 1.29 is 9.72 Å². The van der Waals surface area contributed by atoms with Crippen molar-refractivity contribution in [1.82, 2.24) is 14.9 Å². The van der Waals surface area contributed by atoms with Gasteiger partial charge in [-0.15, -0.1) is 0 Å². The summed E-state index contributed by atoms with van der Waals surface area (Å²) in [6.45, 7) is 1.34. The maximum atomic E-state index is 11.6. The number of nitro groups is 1. The number of aromatic nitrogens is 2. The SMILES string of the molecule is O=C(/C=C/c1cccc([N+](=O)[O-])c1)NCCCn1ccnc1. The van der Waals surface area contributed by atoms with Crippen LogP contribution >= 0.6 is 0 Å². The molecule has 0 aliphatic carbocycles. The fraction of sp³-hybridized carbons (Fsp3) is 0.200. The first kappa shape index (κ1) is 15.4. The normalized spacial score (nSPS) is 10.7. The van der Waals surface area contributed by atoms with E-state index in [1.54, 1.807) is 30.7 Å². The average molecular weight is 300 g/mol. The number of amides is 1. The molecule has 0 aliphatic heterocycles. The first-order valence-electron chi connectivity index (χ1n) is 6.81. The molecule has 0 spiro atoms. The van der Waals surface area contributed by atoms with E-state index in [1.165, 1.54) is 18.2 Å². The molecule has 0 aliphatic rings. The minimum atomic E-state index is -0.465. The number of carbonyl (C=O) groups is 1. The second-order valence-electron chi connectivity index (χ2n) is 4.63. The molecular formula is C15H16N4O3. The van der Waals surface area contributed by atoms with E-state index in [9.17, 15) is 14.9 Å². The van der Waals surface area contributed by atoms with Gasteiger partial charge in [-0.05, 0) is 18.1 Å². The van der Waals surface area contributed by atoms with Crippen molar-refractivity contribution in [1.29, 1.82) is 0 Å². The van der Waals surface area contributed by atoms with Crippen LogP contribution in [0.2, 0.25) is 0 Å². The molecule has 0 bridgehead atoms. The second-order valence-corrected chi connectivity index (χ2v) is 4.63. The van der Waals surface area contributed by atoms with Gasteiger partial charge >= 0.3 is 0 Å². The molecule has 114 valence electrons. The number of nitrogens with zero attached hydrogens (tertiary/aromatic N) is 3. The first-order valence-corrected chi connectivity index (χ1v) is 6.81. The first-order chi connectivity index (χ1) is 10.6. The predicted octanol–water partition coefficient (Wildman–Crippen LogP) is 2.01. The Morgan fingerprint density at radius 2 is 2.32 bits per heavy atom. The van der Waals surface area contributed by atoms with Crippen LogP contribution < -0.4 is 5.32 Å². The summed E-state index contributed by atoms with van der Waals surface area (Å²) in [7, 11) is 0. The van der Waals surface area contributed by atoms with Crippen LogP contribution in [0.3, 0.4) is 0 Å². The molecular weight excluding hydrogens is 284 g/mol. The van der Waals surface area contributed by atoms with Crippen LogP contribution in [0.25, 0.3) is 6.08 Å². The molecule has 7 heteroatoms. The van der Waals surface area contributed by atoms with Crippen LogP contribution in [-0.4, -0.2) is 26.9 Å². The molecule has 0 saturated heterocycles. The summed E-state index contributed by atoms with van der Waals surface area (Å²) in [4.78, 5) is 25.8. The Morgan fingerprint density at radius 3 is 3.05 bits per heavy atom. The maximum absolute atomic E-state index is 11.6. The summed E-state index contributed by atoms with van der Waals surface area (Å²) in [5.41, 5.74) is 0.616. The van der Waals surface area contributed by atoms with Crippen LogP contribution in [0.15, 0.2) is 49.1 Å². The van der Waals surface area contributed by atoms with E-state index >= 15 is 0 Å². The van der Waals surface area contributed by atoms with E-state index in [2.05, 4.69) is 10.3 Å². The van der Waals surface area contributed by atoms with Gasteiger partial charge in [-0.3, -0.25) is 14.9 Å². The lowest BCUT2D eigenvalue weighted by atomic mass is 10.2. The van der Waals surface area contributed by atoms with Crippen molar-refractivity contribution in [2.75, 3.05) is 6.54 Å². The van der Waals surface area contributed by atoms with Crippen molar-refractivity contribution in [2.45, 2.75) is 13.0 Å². The number of benzene rings is 1. The van der Waals surface area contributed by atoms with Crippen molar-refractivity contribution in [3.8, 4) is 0 Å². The zero-order valence-corrected chi connectivity index (χ0v) is 11.9. The van der Waals surface area contributed by atoms with Gasteiger partial charge in [0.15, 0.2) is 0 Å². The van der Waals surface area contributed by atoms with Crippen LogP contribution in [-0.2, 0) is 11.3 Å².